The molecular formula is C24H38O2Si. The first kappa shape index (κ1) is 21.8. The molecule has 1 aliphatic rings. The quantitative estimate of drug-likeness (QED) is 0.391. The van der Waals surface area contributed by atoms with Crippen molar-refractivity contribution in [1.82, 2.24) is 0 Å². The maximum atomic E-state index is 10.6. The Morgan fingerprint density at radius 1 is 1.07 bits per heavy atom. The monoisotopic (exact) mass is 386 g/mol. The van der Waals surface area contributed by atoms with E-state index in [4.69, 9.17) is 4.43 Å². The number of hydrogen-bond donors (Lipinski definition) is 1. The highest BCUT2D eigenvalue weighted by Gasteiger charge is 2.47. The molecule has 0 fully saturated rings. The lowest BCUT2D eigenvalue weighted by atomic mass is 9.92. The number of phenolic OH excluding ortho intramolecular Hbond substituents is 1. The van der Waals surface area contributed by atoms with Gasteiger partial charge >= 0.3 is 0 Å². The first-order chi connectivity index (χ1) is 12.6. The number of aromatic hydroxyl groups is 1. The van der Waals surface area contributed by atoms with E-state index in [1.54, 1.807) is 0 Å². The molecule has 1 aliphatic carbocycles. The zero-order valence-electron chi connectivity index (χ0n) is 18.5. The van der Waals surface area contributed by atoms with Crippen LogP contribution >= 0.6 is 0 Å². The summed E-state index contributed by atoms with van der Waals surface area (Å²) in [6, 6.07) is 4.12. The Hall–Kier alpha value is -1.48. The van der Waals surface area contributed by atoms with Crippen LogP contribution in [0, 0.1) is 0 Å². The Morgan fingerprint density at radius 3 is 2.19 bits per heavy atom. The van der Waals surface area contributed by atoms with E-state index >= 15 is 0 Å². The third-order valence-corrected chi connectivity index (χ3v) is 12.0. The van der Waals surface area contributed by atoms with Crippen LogP contribution in [0.25, 0.3) is 5.76 Å². The summed E-state index contributed by atoms with van der Waals surface area (Å²) in [5.74, 6) is 1.39. The predicted octanol–water partition coefficient (Wildman–Crippen LogP) is 7.38. The van der Waals surface area contributed by atoms with Gasteiger partial charge in [0.1, 0.15) is 11.5 Å². The van der Waals surface area contributed by atoms with Crippen LogP contribution in [0.1, 0.15) is 78.5 Å². The molecule has 3 heteroatoms. The van der Waals surface area contributed by atoms with Crippen molar-refractivity contribution >= 4 is 14.1 Å². The third-order valence-electron chi connectivity index (χ3n) is 6.04. The molecule has 0 unspecified atom stereocenters. The minimum Gasteiger partial charge on any atom is -0.542 e. The molecule has 0 saturated carbocycles. The maximum absolute atomic E-state index is 10.6. The fourth-order valence-electron chi connectivity index (χ4n) is 4.71. The molecule has 0 saturated heterocycles. The largest absolute Gasteiger partial charge is 0.542 e. The second-order valence-electron chi connectivity index (χ2n) is 9.15. The Balaban J connectivity index is 2.43. The lowest BCUT2D eigenvalue weighted by molar-refractivity contribution is 0.438. The van der Waals surface area contributed by atoms with Gasteiger partial charge in [-0.05, 0) is 73.0 Å². The molecule has 0 amide bonds. The average Bonchev–Trinajstić information content (AvgIpc) is 2.56. The summed E-state index contributed by atoms with van der Waals surface area (Å²) in [6.45, 7) is 18.1. The second-order valence-corrected chi connectivity index (χ2v) is 14.5. The molecule has 1 N–H and O–H groups in total. The van der Waals surface area contributed by atoms with Gasteiger partial charge in [-0.25, -0.2) is 0 Å². The molecular weight excluding hydrogens is 348 g/mol. The first-order valence-electron chi connectivity index (χ1n) is 10.5. The zero-order valence-corrected chi connectivity index (χ0v) is 19.5. The molecule has 1 aromatic rings. The number of phenols is 1. The molecule has 2 rings (SSSR count). The van der Waals surface area contributed by atoms with Crippen molar-refractivity contribution in [1.29, 1.82) is 0 Å². The van der Waals surface area contributed by atoms with Crippen molar-refractivity contribution in [3.05, 3.63) is 46.5 Å². The van der Waals surface area contributed by atoms with Gasteiger partial charge in [0.15, 0.2) is 0 Å². The minimum atomic E-state index is -2.00. The zero-order chi connectivity index (χ0) is 20.4. The maximum Gasteiger partial charge on any atom is 0.258 e. The van der Waals surface area contributed by atoms with E-state index in [-0.39, 0.29) is 0 Å². The smallest absolute Gasteiger partial charge is 0.258 e. The van der Waals surface area contributed by atoms with Gasteiger partial charge in [0.2, 0.25) is 0 Å². The molecule has 150 valence electrons. The van der Waals surface area contributed by atoms with Gasteiger partial charge in [0.05, 0.1) is 0 Å². The molecule has 2 nitrogen and oxygen atoms in total. The lowest BCUT2D eigenvalue weighted by Gasteiger charge is -2.43. The van der Waals surface area contributed by atoms with E-state index < -0.39 is 8.32 Å². The molecule has 0 spiro atoms. The van der Waals surface area contributed by atoms with E-state index in [1.807, 2.05) is 6.07 Å². The number of aryl methyl sites for hydroxylation is 1. The van der Waals surface area contributed by atoms with Gasteiger partial charge < -0.3 is 9.53 Å². The fraction of sp³-hybridized carbons (Fsp3) is 0.583. The normalized spacial score (nSPS) is 14.4. The van der Waals surface area contributed by atoms with Crippen LogP contribution in [0.2, 0.25) is 16.6 Å². The van der Waals surface area contributed by atoms with Crippen LogP contribution in [0.5, 0.6) is 5.75 Å². The van der Waals surface area contributed by atoms with Gasteiger partial charge in [0.25, 0.3) is 8.32 Å². The Morgan fingerprint density at radius 2 is 1.67 bits per heavy atom. The standard InChI is InChI=1S/C24H38O2Si/c1-16(2)12-13-21-14-20-10-9-11-24(22(20)15-23(21)25)26-27(17(3)4,18(5)6)19(7)8/h11-12,14-15,17-19,25H,9-10,13H2,1-8H3. The highest BCUT2D eigenvalue weighted by atomic mass is 28.4. The molecule has 0 heterocycles. The molecule has 0 radical (unpaired) electrons. The number of hydrogen-bond acceptors (Lipinski definition) is 2. The summed E-state index contributed by atoms with van der Waals surface area (Å²) < 4.78 is 6.96. The summed E-state index contributed by atoms with van der Waals surface area (Å²) in [5, 5.41) is 10.6. The first-order valence-corrected chi connectivity index (χ1v) is 12.6. The number of benzene rings is 1. The summed E-state index contributed by atoms with van der Waals surface area (Å²) in [4.78, 5) is 0. The number of rotatable bonds is 7. The van der Waals surface area contributed by atoms with Crippen LogP contribution in [0.15, 0.2) is 29.9 Å². The highest BCUT2D eigenvalue weighted by molar-refractivity contribution is 6.78. The van der Waals surface area contributed by atoms with Gasteiger partial charge in [-0.15, -0.1) is 0 Å². The molecule has 0 aliphatic heterocycles. The fourth-order valence-corrected chi connectivity index (χ4v) is 9.99. The molecule has 27 heavy (non-hydrogen) atoms. The third kappa shape index (κ3) is 4.51. The SMILES string of the molecule is CC(C)=CCc1cc2c(cc1O)C(O[Si](C(C)C)(C(C)C)C(C)C)=CCC2. The Kier molecular flexibility index (Phi) is 7.01. The Bertz CT molecular complexity index is 700. The van der Waals surface area contributed by atoms with Crippen LogP contribution < -0.4 is 0 Å². The topological polar surface area (TPSA) is 29.5 Å². The van der Waals surface area contributed by atoms with Gasteiger partial charge in [-0.1, -0.05) is 59.3 Å². The second kappa shape index (κ2) is 8.68. The molecule has 1 aromatic carbocycles. The van der Waals surface area contributed by atoms with E-state index in [0.29, 0.717) is 22.4 Å². The van der Waals surface area contributed by atoms with Crippen molar-refractivity contribution < 1.29 is 9.53 Å². The van der Waals surface area contributed by atoms with Gasteiger partial charge in [0, 0.05) is 5.56 Å². The summed E-state index contributed by atoms with van der Waals surface area (Å²) in [6.07, 6.45) is 7.22. The Labute approximate surface area is 167 Å². The van der Waals surface area contributed by atoms with Crippen molar-refractivity contribution in [3.63, 3.8) is 0 Å². The average molecular weight is 387 g/mol. The van der Waals surface area contributed by atoms with Crippen LogP contribution in [-0.2, 0) is 17.3 Å². The van der Waals surface area contributed by atoms with Gasteiger partial charge in [-0.3, -0.25) is 0 Å². The van der Waals surface area contributed by atoms with Crippen molar-refractivity contribution in [2.75, 3.05) is 0 Å². The number of fused-ring (bicyclic) bond motifs is 1. The van der Waals surface area contributed by atoms with E-state index in [9.17, 15) is 5.11 Å². The van der Waals surface area contributed by atoms with Crippen LogP contribution in [0.3, 0.4) is 0 Å². The molecule has 0 atom stereocenters. The molecule has 0 bridgehead atoms. The number of allylic oxidation sites excluding steroid dienone is 3. The van der Waals surface area contributed by atoms with E-state index in [1.165, 1.54) is 11.1 Å². The van der Waals surface area contributed by atoms with Crippen LogP contribution in [-0.4, -0.2) is 13.4 Å². The van der Waals surface area contributed by atoms with E-state index in [0.717, 1.165) is 36.1 Å². The van der Waals surface area contributed by atoms with Crippen molar-refractivity contribution in [3.8, 4) is 5.75 Å². The van der Waals surface area contributed by atoms with Crippen molar-refractivity contribution in [2.45, 2.75) is 91.3 Å². The van der Waals surface area contributed by atoms with Crippen LogP contribution in [0.4, 0.5) is 0 Å². The minimum absolute atomic E-state index is 0.383. The van der Waals surface area contributed by atoms with Gasteiger partial charge in [-0.2, -0.15) is 0 Å². The van der Waals surface area contributed by atoms with E-state index in [2.05, 4.69) is 73.6 Å². The summed E-state index contributed by atoms with van der Waals surface area (Å²) in [5.41, 5.74) is 6.30. The summed E-state index contributed by atoms with van der Waals surface area (Å²) >= 11 is 0. The lowest BCUT2D eigenvalue weighted by Crippen LogP contribution is -2.47. The molecule has 0 aromatic heterocycles. The predicted molar refractivity (Wildman–Crippen MR) is 120 cm³/mol. The summed E-state index contributed by atoms with van der Waals surface area (Å²) in [7, 11) is -2.00. The highest BCUT2D eigenvalue weighted by Crippen LogP contribution is 2.46. The van der Waals surface area contributed by atoms with Crippen molar-refractivity contribution in [2.24, 2.45) is 0 Å².